The van der Waals surface area contributed by atoms with Crippen molar-refractivity contribution in [3.63, 3.8) is 0 Å². The van der Waals surface area contributed by atoms with Crippen molar-refractivity contribution in [1.29, 1.82) is 0 Å². The van der Waals surface area contributed by atoms with E-state index >= 15 is 0 Å². The number of aromatic hydroxyl groups is 1. The fourth-order valence-corrected chi connectivity index (χ4v) is 1.52. The predicted octanol–water partition coefficient (Wildman–Crippen LogP) is 4.16. The van der Waals surface area contributed by atoms with Crippen LogP contribution in [-0.2, 0) is 0 Å². The lowest BCUT2D eigenvalue weighted by Crippen LogP contribution is -1.85. The van der Waals surface area contributed by atoms with E-state index in [-0.39, 0.29) is 5.75 Å². The molecule has 0 radical (unpaired) electrons. The Balaban J connectivity index is 2.21. The van der Waals surface area contributed by atoms with E-state index < -0.39 is 0 Å². The third-order valence-corrected chi connectivity index (χ3v) is 2.56. The van der Waals surface area contributed by atoms with Crippen LogP contribution in [0.2, 0.25) is 0 Å². The minimum atomic E-state index is 0.135. The van der Waals surface area contributed by atoms with Gasteiger partial charge in [0.1, 0.15) is 11.4 Å². The summed E-state index contributed by atoms with van der Waals surface area (Å²) in [6.45, 7) is 1.94. The van der Waals surface area contributed by atoms with E-state index in [1.807, 2.05) is 44.3 Å². The van der Waals surface area contributed by atoms with Crippen molar-refractivity contribution in [3.05, 3.63) is 48.0 Å². The van der Waals surface area contributed by atoms with Gasteiger partial charge in [-0.15, -0.1) is 5.11 Å². The molecule has 0 aliphatic carbocycles. The minimum absolute atomic E-state index is 0.135. The van der Waals surface area contributed by atoms with Crippen LogP contribution in [0, 0.1) is 6.92 Å². The number of aryl methyl sites for hydroxylation is 1. The third-order valence-electron chi connectivity index (χ3n) is 2.56. The van der Waals surface area contributed by atoms with Crippen molar-refractivity contribution in [2.75, 3.05) is 12.4 Å². The number of phenols is 1. The Bertz CT molecular complexity index is 562. The van der Waals surface area contributed by atoms with Gasteiger partial charge in [0.25, 0.3) is 0 Å². The Labute approximate surface area is 106 Å². The van der Waals surface area contributed by atoms with Gasteiger partial charge in [0.15, 0.2) is 0 Å². The zero-order valence-electron chi connectivity index (χ0n) is 10.4. The van der Waals surface area contributed by atoms with Gasteiger partial charge in [-0.1, -0.05) is 6.07 Å². The van der Waals surface area contributed by atoms with Crippen LogP contribution in [0.25, 0.3) is 0 Å². The molecule has 0 bridgehead atoms. The number of azo groups is 1. The first-order valence-electron chi connectivity index (χ1n) is 5.68. The van der Waals surface area contributed by atoms with Gasteiger partial charge in [-0.25, -0.2) is 0 Å². The van der Waals surface area contributed by atoms with E-state index in [0.717, 1.165) is 16.9 Å². The molecule has 4 nitrogen and oxygen atoms in total. The molecule has 0 fully saturated rings. The molecule has 0 unspecified atom stereocenters. The average Bonchev–Trinajstić information content (AvgIpc) is 2.40. The van der Waals surface area contributed by atoms with Crippen molar-refractivity contribution in [2.45, 2.75) is 6.92 Å². The Hall–Kier alpha value is -2.36. The fourth-order valence-electron chi connectivity index (χ4n) is 1.52. The van der Waals surface area contributed by atoms with Crippen LogP contribution in [0.3, 0.4) is 0 Å². The van der Waals surface area contributed by atoms with E-state index in [0.29, 0.717) is 5.69 Å². The molecule has 92 valence electrons. The minimum Gasteiger partial charge on any atom is -0.506 e. The van der Waals surface area contributed by atoms with Crippen LogP contribution in [0.1, 0.15) is 5.56 Å². The summed E-state index contributed by atoms with van der Waals surface area (Å²) in [5, 5.41) is 20.8. The molecule has 0 aromatic heterocycles. The van der Waals surface area contributed by atoms with Gasteiger partial charge in [-0.05, 0) is 48.9 Å². The maximum Gasteiger partial charge on any atom is 0.143 e. The first-order chi connectivity index (χ1) is 8.69. The van der Waals surface area contributed by atoms with E-state index in [1.165, 1.54) is 0 Å². The topological polar surface area (TPSA) is 57.0 Å². The molecular weight excluding hydrogens is 226 g/mol. The summed E-state index contributed by atoms with van der Waals surface area (Å²) < 4.78 is 0. The van der Waals surface area contributed by atoms with Gasteiger partial charge in [0, 0.05) is 12.7 Å². The van der Waals surface area contributed by atoms with Crippen molar-refractivity contribution >= 4 is 17.1 Å². The van der Waals surface area contributed by atoms with Crippen molar-refractivity contribution in [3.8, 4) is 5.75 Å². The number of hydrogen-bond acceptors (Lipinski definition) is 4. The zero-order chi connectivity index (χ0) is 13.0. The fraction of sp³-hybridized carbons (Fsp3) is 0.143. The first-order valence-corrected chi connectivity index (χ1v) is 5.68. The molecule has 0 amide bonds. The van der Waals surface area contributed by atoms with Crippen molar-refractivity contribution in [2.24, 2.45) is 10.2 Å². The Morgan fingerprint density at radius 2 is 1.72 bits per heavy atom. The Kier molecular flexibility index (Phi) is 3.57. The normalized spacial score (nSPS) is 10.8. The number of nitrogens with zero attached hydrogens (tertiary/aromatic N) is 2. The smallest absolute Gasteiger partial charge is 0.143 e. The predicted molar refractivity (Wildman–Crippen MR) is 73.0 cm³/mol. The maximum atomic E-state index is 9.63. The highest BCUT2D eigenvalue weighted by atomic mass is 16.3. The molecule has 0 aliphatic rings. The number of nitrogens with one attached hydrogen (secondary N) is 1. The largest absolute Gasteiger partial charge is 0.506 e. The van der Waals surface area contributed by atoms with Crippen LogP contribution in [0.4, 0.5) is 17.1 Å². The molecule has 0 aliphatic heterocycles. The van der Waals surface area contributed by atoms with Crippen LogP contribution in [0.5, 0.6) is 5.75 Å². The monoisotopic (exact) mass is 241 g/mol. The van der Waals surface area contributed by atoms with E-state index in [1.54, 1.807) is 12.1 Å². The van der Waals surface area contributed by atoms with Crippen LogP contribution < -0.4 is 5.32 Å². The molecule has 2 aromatic rings. The van der Waals surface area contributed by atoms with Gasteiger partial charge in [0.05, 0.1) is 5.69 Å². The van der Waals surface area contributed by atoms with E-state index in [9.17, 15) is 5.11 Å². The molecule has 2 rings (SSSR count). The molecular formula is C14H15N3O. The summed E-state index contributed by atoms with van der Waals surface area (Å²) >= 11 is 0. The first kappa shape index (κ1) is 12.1. The summed E-state index contributed by atoms with van der Waals surface area (Å²) in [5.74, 6) is 0.135. The van der Waals surface area contributed by atoms with Crippen LogP contribution in [0.15, 0.2) is 52.7 Å². The summed E-state index contributed by atoms with van der Waals surface area (Å²) in [4.78, 5) is 0. The van der Waals surface area contributed by atoms with Gasteiger partial charge < -0.3 is 10.4 Å². The lowest BCUT2D eigenvalue weighted by Gasteiger charge is -2.00. The molecule has 0 saturated heterocycles. The molecule has 18 heavy (non-hydrogen) atoms. The summed E-state index contributed by atoms with van der Waals surface area (Å²) in [6.07, 6.45) is 0. The van der Waals surface area contributed by atoms with Gasteiger partial charge >= 0.3 is 0 Å². The molecule has 4 heteroatoms. The molecule has 2 aromatic carbocycles. The molecule has 0 spiro atoms. The second kappa shape index (κ2) is 5.31. The van der Waals surface area contributed by atoms with Gasteiger partial charge in [0.2, 0.25) is 0 Å². The quantitative estimate of drug-likeness (QED) is 0.793. The van der Waals surface area contributed by atoms with Crippen LogP contribution >= 0.6 is 0 Å². The standard InChI is InChI=1S/C14H15N3O/c1-10-3-8-14(18)13(9-10)17-16-12-6-4-11(15-2)5-7-12/h3-9,15,18H,1-2H3. The second-order valence-corrected chi connectivity index (χ2v) is 3.99. The number of rotatable bonds is 3. The maximum absolute atomic E-state index is 9.63. The average molecular weight is 241 g/mol. The number of phenolic OH excluding ortho intramolecular Hbond substituents is 1. The number of hydrogen-bond donors (Lipinski definition) is 2. The molecule has 0 atom stereocenters. The highest BCUT2D eigenvalue weighted by Crippen LogP contribution is 2.29. The van der Waals surface area contributed by atoms with Crippen LogP contribution in [-0.4, -0.2) is 12.2 Å². The summed E-state index contributed by atoms with van der Waals surface area (Å²) in [7, 11) is 1.86. The molecule has 2 N–H and O–H groups in total. The highest BCUT2D eigenvalue weighted by Gasteiger charge is 1.99. The second-order valence-electron chi connectivity index (χ2n) is 3.99. The van der Waals surface area contributed by atoms with Crippen molar-refractivity contribution in [1.82, 2.24) is 0 Å². The summed E-state index contributed by atoms with van der Waals surface area (Å²) in [6, 6.07) is 12.8. The Morgan fingerprint density at radius 3 is 2.39 bits per heavy atom. The number of anilines is 1. The number of benzene rings is 2. The van der Waals surface area contributed by atoms with Gasteiger partial charge in [-0.2, -0.15) is 5.11 Å². The van der Waals surface area contributed by atoms with E-state index in [4.69, 9.17) is 0 Å². The molecule has 0 heterocycles. The molecule has 0 saturated carbocycles. The van der Waals surface area contributed by atoms with Gasteiger partial charge in [-0.3, -0.25) is 0 Å². The summed E-state index contributed by atoms with van der Waals surface area (Å²) in [5.41, 5.74) is 3.28. The lowest BCUT2D eigenvalue weighted by atomic mass is 10.2. The lowest BCUT2D eigenvalue weighted by molar-refractivity contribution is 0.476. The third kappa shape index (κ3) is 2.85. The highest BCUT2D eigenvalue weighted by molar-refractivity contribution is 5.53. The zero-order valence-corrected chi connectivity index (χ0v) is 10.4. The SMILES string of the molecule is CNc1ccc(N=Nc2cc(C)ccc2O)cc1. The van der Waals surface area contributed by atoms with E-state index in [2.05, 4.69) is 15.5 Å². The Morgan fingerprint density at radius 1 is 1.00 bits per heavy atom. The van der Waals surface area contributed by atoms with Crippen molar-refractivity contribution < 1.29 is 5.11 Å².